The van der Waals surface area contributed by atoms with Crippen LogP contribution in [0.4, 0.5) is 0 Å². The third-order valence-corrected chi connectivity index (χ3v) is 4.67. The first-order valence-electron chi connectivity index (χ1n) is 7.87. The topological polar surface area (TPSA) is 39.5 Å². The molecule has 5 heteroatoms. The van der Waals surface area contributed by atoms with Crippen molar-refractivity contribution in [2.75, 3.05) is 19.9 Å². The number of nitrogens with zero attached hydrogens (tertiary/aromatic N) is 3. The Morgan fingerprint density at radius 3 is 2.86 bits per heavy atom. The standard InChI is InChI=1S/C17H21N3O2/c1-12-9-15-5-6-19(7-8-20(15)18-12)13(2)14-3-4-16-17(10-14)22-11-21-16/h3-4,9-10,13H,5-8,11H2,1-2H3. The molecule has 1 unspecified atom stereocenters. The molecule has 4 rings (SSSR count). The molecule has 116 valence electrons. The van der Waals surface area contributed by atoms with Crippen molar-refractivity contribution in [1.82, 2.24) is 14.7 Å². The molecule has 0 spiro atoms. The van der Waals surface area contributed by atoms with Crippen molar-refractivity contribution in [3.8, 4) is 11.5 Å². The highest BCUT2D eigenvalue weighted by Crippen LogP contribution is 2.35. The van der Waals surface area contributed by atoms with Crippen molar-refractivity contribution in [3.05, 3.63) is 41.2 Å². The maximum Gasteiger partial charge on any atom is 0.231 e. The quantitative estimate of drug-likeness (QED) is 0.854. The van der Waals surface area contributed by atoms with Crippen LogP contribution in [0.25, 0.3) is 0 Å². The second kappa shape index (κ2) is 5.32. The van der Waals surface area contributed by atoms with Crippen LogP contribution in [-0.2, 0) is 13.0 Å². The lowest BCUT2D eigenvalue weighted by Crippen LogP contribution is -2.30. The van der Waals surface area contributed by atoms with Crippen molar-refractivity contribution in [1.29, 1.82) is 0 Å². The molecule has 0 radical (unpaired) electrons. The van der Waals surface area contributed by atoms with Crippen molar-refractivity contribution >= 4 is 0 Å². The molecule has 0 N–H and O–H groups in total. The molecule has 0 fully saturated rings. The van der Waals surface area contributed by atoms with Gasteiger partial charge in [0, 0.05) is 31.2 Å². The van der Waals surface area contributed by atoms with Crippen LogP contribution in [0.15, 0.2) is 24.3 Å². The minimum absolute atomic E-state index is 0.331. The largest absolute Gasteiger partial charge is 0.454 e. The van der Waals surface area contributed by atoms with Gasteiger partial charge >= 0.3 is 0 Å². The Balaban J connectivity index is 1.51. The molecule has 2 aliphatic heterocycles. The van der Waals surface area contributed by atoms with Gasteiger partial charge in [-0.25, -0.2) is 0 Å². The van der Waals surface area contributed by atoms with Crippen LogP contribution >= 0.6 is 0 Å². The average molecular weight is 299 g/mol. The summed E-state index contributed by atoms with van der Waals surface area (Å²) in [5.41, 5.74) is 3.74. The number of aromatic nitrogens is 2. The minimum Gasteiger partial charge on any atom is -0.454 e. The second-order valence-electron chi connectivity index (χ2n) is 6.07. The fraction of sp³-hybridized carbons (Fsp3) is 0.471. The Kier molecular flexibility index (Phi) is 3.30. The number of rotatable bonds is 2. The predicted octanol–water partition coefficient (Wildman–Crippen LogP) is 2.54. The zero-order valence-corrected chi connectivity index (χ0v) is 13.1. The summed E-state index contributed by atoms with van der Waals surface area (Å²) >= 11 is 0. The first-order valence-corrected chi connectivity index (χ1v) is 7.87. The van der Waals surface area contributed by atoms with Crippen LogP contribution in [0, 0.1) is 6.92 Å². The van der Waals surface area contributed by atoms with Crippen LogP contribution in [0.3, 0.4) is 0 Å². The molecule has 0 amide bonds. The molecule has 0 aliphatic carbocycles. The summed E-state index contributed by atoms with van der Waals surface area (Å²) < 4.78 is 13.0. The lowest BCUT2D eigenvalue weighted by Gasteiger charge is -2.27. The lowest BCUT2D eigenvalue weighted by molar-refractivity contribution is 0.173. The van der Waals surface area contributed by atoms with E-state index >= 15 is 0 Å². The molecule has 0 saturated heterocycles. The van der Waals surface area contributed by atoms with Crippen molar-refractivity contribution in [2.24, 2.45) is 0 Å². The molecular formula is C17H21N3O2. The highest BCUT2D eigenvalue weighted by Gasteiger charge is 2.22. The number of fused-ring (bicyclic) bond motifs is 2. The van der Waals surface area contributed by atoms with E-state index in [1.54, 1.807) is 0 Å². The molecular weight excluding hydrogens is 278 g/mol. The molecule has 0 bridgehead atoms. The summed E-state index contributed by atoms with van der Waals surface area (Å²) in [6, 6.07) is 8.83. The van der Waals surface area contributed by atoms with Gasteiger partial charge in [-0.1, -0.05) is 6.07 Å². The molecule has 0 saturated carbocycles. The van der Waals surface area contributed by atoms with Crippen LogP contribution < -0.4 is 9.47 Å². The molecule has 22 heavy (non-hydrogen) atoms. The Morgan fingerprint density at radius 1 is 1.09 bits per heavy atom. The molecule has 1 atom stereocenters. The van der Waals surface area contributed by atoms with Gasteiger partial charge in [0.15, 0.2) is 11.5 Å². The number of hydrogen-bond acceptors (Lipinski definition) is 4. The molecule has 2 aromatic rings. The number of ether oxygens (including phenoxy) is 2. The first-order chi connectivity index (χ1) is 10.7. The summed E-state index contributed by atoms with van der Waals surface area (Å²) in [6.07, 6.45) is 1.05. The normalized spacial score (nSPS) is 18.8. The summed E-state index contributed by atoms with van der Waals surface area (Å²) in [4.78, 5) is 2.52. The van der Waals surface area contributed by atoms with Gasteiger partial charge in [0.05, 0.1) is 12.2 Å². The van der Waals surface area contributed by atoms with E-state index in [4.69, 9.17) is 9.47 Å². The van der Waals surface area contributed by atoms with Gasteiger partial charge in [-0.15, -0.1) is 0 Å². The van der Waals surface area contributed by atoms with Gasteiger partial charge in [0.2, 0.25) is 6.79 Å². The second-order valence-corrected chi connectivity index (χ2v) is 6.07. The van der Waals surface area contributed by atoms with Gasteiger partial charge in [-0.2, -0.15) is 5.10 Å². The van der Waals surface area contributed by atoms with Crippen LogP contribution in [0.5, 0.6) is 11.5 Å². The van der Waals surface area contributed by atoms with E-state index < -0.39 is 0 Å². The Labute approximate surface area is 130 Å². The van der Waals surface area contributed by atoms with Crippen LogP contribution in [0.2, 0.25) is 0 Å². The van der Waals surface area contributed by atoms with E-state index in [2.05, 4.69) is 46.7 Å². The first kappa shape index (κ1) is 13.6. The molecule has 5 nitrogen and oxygen atoms in total. The average Bonchev–Trinajstić information content (AvgIpc) is 3.07. The van der Waals surface area contributed by atoms with Gasteiger partial charge in [0.25, 0.3) is 0 Å². The molecule has 1 aromatic carbocycles. The summed E-state index contributed by atoms with van der Waals surface area (Å²) in [5.74, 6) is 1.71. The summed E-state index contributed by atoms with van der Waals surface area (Å²) in [7, 11) is 0. The van der Waals surface area contributed by atoms with Gasteiger partial charge in [-0.3, -0.25) is 9.58 Å². The smallest absolute Gasteiger partial charge is 0.231 e. The third-order valence-electron chi connectivity index (χ3n) is 4.67. The molecule has 1 aromatic heterocycles. The highest BCUT2D eigenvalue weighted by molar-refractivity contribution is 5.45. The Morgan fingerprint density at radius 2 is 1.95 bits per heavy atom. The van der Waals surface area contributed by atoms with E-state index in [0.29, 0.717) is 12.8 Å². The zero-order chi connectivity index (χ0) is 15.1. The third kappa shape index (κ3) is 2.35. The Bertz CT molecular complexity index is 670. The van der Waals surface area contributed by atoms with Crippen LogP contribution in [-0.4, -0.2) is 34.6 Å². The molecule has 2 aliphatic rings. The monoisotopic (exact) mass is 299 g/mol. The van der Waals surface area contributed by atoms with E-state index in [1.165, 1.54) is 11.3 Å². The van der Waals surface area contributed by atoms with Gasteiger partial charge in [-0.05, 0) is 37.6 Å². The van der Waals surface area contributed by atoms with Gasteiger partial charge in [0.1, 0.15) is 0 Å². The highest BCUT2D eigenvalue weighted by atomic mass is 16.7. The lowest BCUT2D eigenvalue weighted by atomic mass is 10.1. The predicted molar refractivity (Wildman–Crippen MR) is 83.2 cm³/mol. The van der Waals surface area contributed by atoms with Gasteiger partial charge < -0.3 is 9.47 Å². The maximum absolute atomic E-state index is 5.50. The van der Waals surface area contributed by atoms with E-state index in [9.17, 15) is 0 Å². The van der Waals surface area contributed by atoms with E-state index in [0.717, 1.165) is 43.2 Å². The summed E-state index contributed by atoms with van der Waals surface area (Å²) in [5, 5.41) is 4.58. The fourth-order valence-corrected chi connectivity index (χ4v) is 3.36. The van der Waals surface area contributed by atoms with E-state index in [-0.39, 0.29) is 0 Å². The SMILES string of the molecule is Cc1cc2n(n1)CCN(C(C)c1ccc3c(c1)OCO3)CC2. The Hall–Kier alpha value is -2.01. The number of benzene rings is 1. The van der Waals surface area contributed by atoms with Crippen molar-refractivity contribution in [2.45, 2.75) is 32.9 Å². The van der Waals surface area contributed by atoms with Crippen LogP contribution in [0.1, 0.15) is 29.9 Å². The maximum atomic E-state index is 5.50. The fourth-order valence-electron chi connectivity index (χ4n) is 3.36. The van der Waals surface area contributed by atoms with Crippen molar-refractivity contribution in [3.63, 3.8) is 0 Å². The minimum atomic E-state index is 0.331. The van der Waals surface area contributed by atoms with E-state index in [1.807, 2.05) is 6.07 Å². The number of aryl methyl sites for hydroxylation is 1. The van der Waals surface area contributed by atoms with Crippen molar-refractivity contribution < 1.29 is 9.47 Å². The molecule has 3 heterocycles. The number of hydrogen-bond donors (Lipinski definition) is 0. The summed E-state index contributed by atoms with van der Waals surface area (Å²) in [6.45, 7) is 7.69. The zero-order valence-electron chi connectivity index (χ0n) is 13.1.